The molecule has 7 nitrogen and oxygen atoms in total. The minimum atomic E-state index is -2.03. The lowest BCUT2D eigenvalue weighted by molar-refractivity contribution is -0.176. The van der Waals surface area contributed by atoms with Crippen LogP contribution in [-0.4, -0.2) is 46.3 Å². The van der Waals surface area contributed by atoms with E-state index in [4.69, 9.17) is 5.11 Å². The highest BCUT2D eigenvalue weighted by molar-refractivity contribution is 5.99. The van der Waals surface area contributed by atoms with Crippen molar-refractivity contribution in [3.63, 3.8) is 0 Å². The number of hydrogen-bond donors (Lipinski definition) is 4. The molecule has 0 aliphatic carbocycles. The zero-order valence-corrected chi connectivity index (χ0v) is 10.8. The van der Waals surface area contributed by atoms with E-state index in [2.05, 4.69) is 5.32 Å². The van der Waals surface area contributed by atoms with Gasteiger partial charge in [0.2, 0.25) is 0 Å². The molecule has 7 heteroatoms. The highest BCUT2D eigenvalue weighted by Crippen LogP contribution is 2.43. The largest absolute Gasteiger partial charge is 0.481 e. The number of nitrogens with one attached hydrogen (secondary N) is 1. The lowest BCUT2D eigenvalue weighted by atomic mass is 9.63. The lowest BCUT2D eigenvalue weighted by Crippen LogP contribution is -2.53. The van der Waals surface area contributed by atoms with Crippen LogP contribution in [-0.2, 0) is 14.4 Å². The summed E-state index contributed by atoms with van der Waals surface area (Å²) in [6.07, 6.45) is 0.369. The highest BCUT2D eigenvalue weighted by Gasteiger charge is 2.56. The van der Waals surface area contributed by atoms with Crippen molar-refractivity contribution in [1.82, 2.24) is 5.32 Å². The third-order valence-corrected chi connectivity index (χ3v) is 3.95. The van der Waals surface area contributed by atoms with Gasteiger partial charge in [0, 0.05) is 6.42 Å². The second-order valence-electron chi connectivity index (χ2n) is 5.00. The molecule has 0 bridgehead atoms. The molecule has 1 saturated heterocycles. The molecule has 1 aliphatic rings. The molecule has 19 heavy (non-hydrogen) atoms. The van der Waals surface area contributed by atoms with Gasteiger partial charge in [-0.05, 0) is 37.8 Å². The predicted molar refractivity (Wildman–Crippen MR) is 64.7 cm³/mol. The predicted octanol–water partition coefficient (Wildman–Crippen LogP) is 0.252. The number of rotatable bonds is 6. The molecule has 1 rings (SSSR count). The fourth-order valence-electron chi connectivity index (χ4n) is 2.96. The topological polar surface area (TPSA) is 124 Å². The van der Waals surface area contributed by atoms with E-state index in [1.807, 2.05) is 0 Å². The first kappa shape index (κ1) is 15.4. The molecule has 0 aromatic heterocycles. The number of carboxylic acid groups (broad SMARTS) is 3. The maximum atomic E-state index is 11.6. The first-order valence-corrected chi connectivity index (χ1v) is 6.22. The van der Waals surface area contributed by atoms with Gasteiger partial charge >= 0.3 is 17.9 Å². The summed E-state index contributed by atoms with van der Waals surface area (Å²) in [7, 11) is 0. The second-order valence-corrected chi connectivity index (χ2v) is 5.00. The highest BCUT2D eigenvalue weighted by atomic mass is 16.4. The Hall–Kier alpha value is -1.63. The Morgan fingerprint density at radius 2 is 1.63 bits per heavy atom. The van der Waals surface area contributed by atoms with Crippen molar-refractivity contribution in [2.24, 2.45) is 17.3 Å². The summed E-state index contributed by atoms with van der Waals surface area (Å²) in [6, 6.07) is 0. The summed E-state index contributed by atoms with van der Waals surface area (Å²) in [5, 5.41) is 30.7. The van der Waals surface area contributed by atoms with Crippen LogP contribution in [0.15, 0.2) is 0 Å². The quantitative estimate of drug-likeness (QED) is 0.511. The molecule has 1 atom stereocenters. The number of hydrogen-bond acceptors (Lipinski definition) is 4. The standard InChI is InChI=1S/C12H19NO6/c1-7(6-9(14)15)12(10(16)17,11(18)19)8-2-4-13-5-3-8/h7-8,13H,2-6H2,1H3,(H,14,15)(H,16,17)(H,18,19). The molecule has 1 aliphatic heterocycles. The van der Waals surface area contributed by atoms with Crippen LogP contribution in [0.4, 0.5) is 0 Å². The van der Waals surface area contributed by atoms with Crippen molar-refractivity contribution in [2.45, 2.75) is 26.2 Å². The van der Waals surface area contributed by atoms with Gasteiger partial charge in [-0.3, -0.25) is 14.4 Å². The van der Waals surface area contributed by atoms with Crippen molar-refractivity contribution in [3.05, 3.63) is 0 Å². The monoisotopic (exact) mass is 273 g/mol. The van der Waals surface area contributed by atoms with Crippen molar-refractivity contribution in [2.75, 3.05) is 13.1 Å². The number of piperidine rings is 1. The Morgan fingerprint density at radius 3 is 2.00 bits per heavy atom. The maximum Gasteiger partial charge on any atom is 0.321 e. The number of carbonyl (C=O) groups is 3. The maximum absolute atomic E-state index is 11.6. The minimum absolute atomic E-state index is 0.419. The van der Waals surface area contributed by atoms with E-state index in [0.29, 0.717) is 25.9 Å². The van der Waals surface area contributed by atoms with Crippen molar-refractivity contribution >= 4 is 17.9 Å². The van der Waals surface area contributed by atoms with E-state index in [0.717, 1.165) is 0 Å². The van der Waals surface area contributed by atoms with Crippen molar-refractivity contribution in [3.8, 4) is 0 Å². The summed E-state index contributed by atoms with van der Waals surface area (Å²) < 4.78 is 0. The van der Waals surface area contributed by atoms with E-state index in [1.165, 1.54) is 6.92 Å². The molecule has 0 amide bonds. The van der Waals surface area contributed by atoms with E-state index >= 15 is 0 Å². The zero-order chi connectivity index (χ0) is 14.6. The minimum Gasteiger partial charge on any atom is -0.481 e. The Labute approximate surface area is 110 Å². The number of carboxylic acids is 3. The molecule has 0 aromatic carbocycles. The van der Waals surface area contributed by atoms with Gasteiger partial charge in [-0.25, -0.2) is 0 Å². The van der Waals surface area contributed by atoms with Crippen LogP contribution in [0, 0.1) is 17.3 Å². The summed E-state index contributed by atoms with van der Waals surface area (Å²) in [5.41, 5.74) is -2.03. The molecular formula is C12H19NO6. The molecule has 0 radical (unpaired) electrons. The van der Waals surface area contributed by atoms with E-state index < -0.39 is 41.6 Å². The Balaban J connectivity index is 3.16. The van der Waals surface area contributed by atoms with E-state index in [9.17, 15) is 24.6 Å². The first-order valence-electron chi connectivity index (χ1n) is 6.22. The van der Waals surface area contributed by atoms with Crippen molar-refractivity contribution < 1.29 is 29.7 Å². The van der Waals surface area contributed by atoms with Gasteiger partial charge in [-0.15, -0.1) is 0 Å². The van der Waals surface area contributed by atoms with Gasteiger partial charge in [-0.1, -0.05) is 6.92 Å². The van der Waals surface area contributed by atoms with E-state index in [-0.39, 0.29) is 0 Å². The summed E-state index contributed by atoms with van der Waals surface area (Å²) in [4.78, 5) is 34.0. The van der Waals surface area contributed by atoms with E-state index in [1.54, 1.807) is 0 Å². The molecule has 0 spiro atoms. The van der Waals surface area contributed by atoms with Gasteiger partial charge in [-0.2, -0.15) is 0 Å². The normalized spacial score (nSPS) is 18.8. The van der Waals surface area contributed by atoms with Crippen LogP contribution in [0.1, 0.15) is 26.2 Å². The van der Waals surface area contributed by atoms with Crippen LogP contribution in [0.3, 0.4) is 0 Å². The molecule has 1 unspecified atom stereocenters. The Morgan fingerprint density at radius 1 is 1.16 bits per heavy atom. The molecular weight excluding hydrogens is 254 g/mol. The lowest BCUT2D eigenvalue weighted by Gasteiger charge is -2.39. The fraction of sp³-hybridized carbons (Fsp3) is 0.750. The molecule has 108 valence electrons. The Bertz CT molecular complexity index is 360. The van der Waals surface area contributed by atoms with Gasteiger partial charge < -0.3 is 20.6 Å². The van der Waals surface area contributed by atoms with Gasteiger partial charge in [0.25, 0.3) is 0 Å². The van der Waals surface area contributed by atoms with Crippen LogP contribution in [0.25, 0.3) is 0 Å². The summed E-state index contributed by atoms with van der Waals surface area (Å²) >= 11 is 0. The molecule has 4 N–H and O–H groups in total. The average Bonchev–Trinajstić information content (AvgIpc) is 2.29. The Kier molecular flexibility index (Phi) is 4.88. The molecule has 0 aromatic rings. The summed E-state index contributed by atoms with van der Waals surface area (Å²) in [5.74, 6) is -5.60. The smallest absolute Gasteiger partial charge is 0.321 e. The molecule has 1 fully saturated rings. The second kappa shape index (κ2) is 6.01. The third-order valence-electron chi connectivity index (χ3n) is 3.95. The SMILES string of the molecule is CC(CC(=O)O)C(C(=O)O)(C(=O)O)C1CCNCC1. The van der Waals surface area contributed by atoms with Gasteiger partial charge in [0.15, 0.2) is 5.41 Å². The fourth-order valence-corrected chi connectivity index (χ4v) is 2.96. The molecule has 1 heterocycles. The summed E-state index contributed by atoms with van der Waals surface area (Å²) in [6.45, 7) is 2.48. The van der Waals surface area contributed by atoms with Gasteiger partial charge in [0.1, 0.15) is 0 Å². The number of aliphatic carboxylic acids is 3. The zero-order valence-electron chi connectivity index (χ0n) is 10.8. The van der Waals surface area contributed by atoms with Crippen LogP contribution < -0.4 is 5.32 Å². The third kappa shape index (κ3) is 2.86. The van der Waals surface area contributed by atoms with Crippen LogP contribution in [0.5, 0.6) is 0 Å². The van der Waals surface area contributed by atoms with Crippen molar-refractivity contribution in [1.29, 1.82) is 0 Å². The molecule has 0 saturated carbocycles. The van der Waals surface area contributed by atoms with Crippen LogP contribution in [0.2, 0.25) is 0 Å². The van der Waals surface area contributed by atoms with Gasteiger partial charge in [0.05, 0.1) is 0 Å². The first-order chi connectivity index (χ1) is 8.83. The average molecular weight is 273 g/mol. The van der Waals surface area contributed by atoms with Crippen LogP contribution >= 0.6 is 0 Å².